The number of piperidine rings is 1. The number of benzene rings is 1. The van der Waals surface area contributed by atoms with Crippen molar-refractivity contribution in [3.8, 4) is 0 Å². The fourth-order valence-electron chi connectivity index (χ4n) is 3.72. The van der Waals surface area contributed by atoms with Gasteiger partial charge in [-0.25, -0.2) is 4.39 Å². The normalized spacial score (nSPS) is 22.4. The summed E-state index contributed by atoms with van der Waals surface area (Å²) in [5, 5.41) is 0. The summed E-state index contributed by atoms with van der Waals surface area (Å²) in [6.45, 7) is 1.57. The van der Waals surface area contributed by atoms with E-state index in [1.807, 2.05) is 4.90 Å². The quantitative estimate of drug-likeness (QED) is 0.852. The maximum absolute atomic E-state index is 13.2. The lowest BCUT2D eigenvalue weighted by atomic mass is 9.95. The third kappa shape index (κ3) is 3.94. The fourth-order valence-corrected chi connectivity index (χ4v) is 3.72. The zero-order valence-electron chi connectivity index (χ0n) is 14.0. The molecule has 0 spiro atoms. The highest BCUT2D eigenvalue weighted by Gasteiger charge is 2.30. The van der Waals surface area contributed by atoms with E-state index in [0.717, 1.165) is 44.1 Å². The summed E-state index contributed by atoms with van der Waals surface area (Å²) in [5.74, 6) is -0.155. The zero-order valence-corrected chi connectivity index (χ0v) is 14.0. The minimum absolute atomic E-state index is 0.00562. The molecule has 1 aromatic rings. The highest BCUT2D eigenvalue weighted by atomic mass is 19.1. The highest BCUT2D eigenvalue weighted by molar-refractivity contribution is 5.85. The molecule has 1 unspecified atom stereocenters. The summed E-state index contributed by atoms with van der Waals surface area (Å²) in [4.78, 5) is 28.6. The molecule has 5 heteroatoms. The number of carbonyl (C=O) groups excluding carboxylic acids is 2. The molecule has 24 heavy (non-hydrogen) atoms. The van der Waals surface area contributed by atoms with Crippen molar-refractivity contribution < 1.29 is 14.0 Å². The second kappa shape index (κ2) is 7.77. The molecule has 1 aromatic carbocycles. The number of hydrogen-bond acceptors (Lipinski definition) is 2. The van der Waals surface area contributed by atoms with Crippen LogP contribution in [0.4, 0.5) is 4.39 Å². The van der Waals surface area contributed by atoms with Gasteiger partial charge < -0.3 is 9.80 Å². The Morgan fingerprint density at radius 2 is 1.79 bits per heavy atom. The van der Waals surface area contributed by atoms with E-state index >= 15 is 0 Å². The molecular formula is C19H25FN2O2. The first-order valence-corrected chi connectivity index (χ1v) is 8.98. The molecule has 0 aromatic heterocycles. The van der Waals surface area contributed by atoms with Gasteiger partial charge in [-0.1, -0.05) is 18.6 Å². The Labute approximate surface area is 142 Å². The standard InChI is InChI=1S/C19H25FN2O2/c20-16-10-8-15(9-11-16)17-6-3-5-13-22(17)19(24)14-21-12-4-1-2-7-18(21)23/h8-11,17H,1-7,12-14H2. The van der Waals surface area contributed by atoms with Gasteiger partial charge in [-0.15, -0.1) is 0 Å². The molecule has 0 saturated carbocycles. The average molecular weight is 332 g/mol. The van der Waals surface area contributed by atoms with Gasteiger partial charge in [-0.2, -0.15) is 0 Å². The Kier molecular flexibility index (Phi) is 5.48. The molecule has 0 bridgehead atoms. The van der Waals surface area contributed by atoms with Crippen molar-refractivity contribution in [1.29, 1.82) is 0 Å². The minimum atomic E-state index is -0.261. The summed E-state index contributed by atoms with van der Waals surface area (Å²) >= 11 is 0. The largest absolute Gasteiger partial charge is 0.334 e. The van der Waals surface area contributed by atoms with Gasteiger partial charge in [0.05, 0.1) is 12.6 Å². The van der Waals surface area contributed by atoms with Crippen molar-refractivity contribution in [1.82, 2.24) is 9.80 Å². The Balaban J connectivity index is 1.71. The van der Waals surface area contributed by atoms with E-state index in [0.29, 0.717) is 19.5 Å². The van der Waals surface area contributed by atoms with E-state index in [4.69, 9.17) is 0 Å². The van der Waals surface area contributed by atoms with Crippen LogP contribution in [0.3, 0.4) is 0 Å². The molecule has 0 aliphatic carbocycles. The number of hydrogen-bond donors (Lipinski definition) is 0. The van der Waals surface area contributed by atoms with Crippen molar-refractivity contribution in [3.05, 3.63) is 35.6 Å². The number of amides is 2. The summed E-state index contributed by atoms with van der Waals surface area (Å²) in [6, 6.07) is 6.43. The first-order chi connectivity index (χ1) is 11.6. The van der Waals surface area contributed by atoms with Crippen LogP contribution in [0.2, 0.25) is 0 Å². The summed E-state index contributed by atoms with van der Waals surface area (Å²) < 4.78 is 13.2. The molecule has 130 valence electrons. The van der Waals surface area contributed by atoms with Gasteiger partial charge >= 0.3 is 0 Å². The Morgan fingerprint density at radius 1 is 1.04 bits per heavy atom. The molecule has 1 atom stereocenters. The third-order valence-corrected chi connectivity index (χ3v) is 5.08. The summed E-state index contributed by atoms with van der Waals surface area (Å²) in [7, 11) is 0. The van der Waals surface area contributed by atoms with Crippen LogP contribution in [0.15, 0.2) is 24.3 Å². The van der Waals surface area contributed by atoms with E-state index < -0.39 is 0 Å². The monoisotopic (exact) mass is 332 g/mol. The van der Waals surface area contributed by atoms with Crippen molar-refractivity contribution in [2.24, 2.45) is 0 Å². The molecule has 2 amide bonds. The van der Waals surface area contributed by atoms with Crippen LogP contribution < -0.4 is 0 Å². The van der Waals surface area contributed by atoms with Gasteiger partial charge in [0.1, 0.15) is 5.82 Å². The Bertz CT molecular complexity index is 588. The number of carbonyl (C=O) groups is 2. The maximum Gasteiger partial charge on any atom is 0.242 e. The van der Waals surface area contributed by atoms with Gasteiger partial charge in [0.2, 0.25) is 11.8 Å². The van der Waals surface area contributed by atoms with Gasteiger partial charge in [0.15, 0.2) is 0 Å². The van der Waals surface area contributed by atoms with Crippen LogP contribution >= 0.6 is 0 Å². The zero-order chi connectivity index (χ0) is 16.9. The number of rotatable bonds is 3. The Hall–Kier alpha value is -1.91. The van der Waals surface area contributed by atoms with Gasteiger partial charge in [-0.05, 0) is 49.8 Å². The molecule has 2 aliphatic rings. The SMILES string of the molecule is O=C1CCCCCN1CC(=O)N1CCCCC1c1ccc(F)cc1. The minimum Gasteiger partial charge on any atom is -0.334 e. The predicted octanol–water partition coefficient (Wildman–Crippen LogP) is 3.28. The molecule has 2 fully saturated rings. The number of nitrogens with zero attached hydrogens (tertiary/aromatic N) is 2. The van der Waals surface area contributed by atoms with Crippen LogP contribution in [0, 0.1) is 5.82 Å². The highest BCUT2D eigenvalue weighted by Crippen LogP contribution is 2.31. The lowest BCUT2D eigenvalue weighted by Crippen LogP contribution is -2.45. The molecule has 2 aliphatic heterocycles. The van der Waals surface area contributed by atoms with Gasteiger partial charge in [0, 0.05) is 19.5 Å². The van der Waals surface area contributed by atoms with Crippen LogP contribution in [-0.2, 0) is 9.59 Å². The first kappa shape index (κ1) is 16.9. The van der Waals surface area contributed by atoms with E-state index in [-0.39, 0.29) is 30.2 Å². The topological polar surface area (TPSA) is 40.6 Å². The summed E-state index contributed by atoms with van der Waals surface area (Å²) in [6.07, 6.45) is 6.44. The van der Waals surface area contributed by atoms with E-state index in [1.54, 1.807) is 17.0 Å². The van der Waals surface area contributed by atoms with Gasteiger partial charge in [-0.3, -0.25) is 9.59 Å². The maximum atomic E-state index is 13.2. The molecule has 0 radical (unpaired) electrons. The molecule has 0 N–H and O–H groups in total. The van der Waals surface area contributed by atoms with Crippen molar-refractivity contribution in [2.75, 3.05) is 19.6 Å². The van der Waals surface area contributed by atoms with Crippen LogP contribution in [0.5, 0.6) is 0 Å². The molecule has 2 heterocycles. The van der Waals surface area contributed by atoms with E-state index in [2.05, 4.69) is 0 Å². The summed E-state index contributed by atoms with van der Waals surface area (Å²) in [5.41, 5.74) is 0.978. The first-order valence-electron chi connectivity index (χ1n) is 8.98. The molecular weight excluding hydrogens is 307 g/mol. The van der Waals surface area contributed by atoms with E-state index in [1.165, 1.54) is 12.1 Å². The average Bonchev–Trinajstić information content (AvgIpc) is 2.80. The third-order valence-electron chi connectivity index (χ3n) is 5.08. The van der Waals surface area contributed by atoms with E-state index in [9.17, 15) is 14.0 Å². The second-order valence-corrected chi connectivity index (χ2v) is 6.78. The fraction of sp³-hybridized carbons (Fsp3) is 0.579. The van der Waals surface area contributed by atoms with Crippen molar-refractivity contribution in [2.45, 2.75) is 51.0 Å². The second-order valence-electron chi connectivity index (χ2n) is 6.78. The smallest absolute Gasteiger partial charge is 0.242 e. The Morgan fingerprint density at radius 3 is 2.58 bits per heavy atom. The molecule has 3 rings (SSSR count). The van der Waals surface area contributed by atoms with Crippen LogP contribution in [0.1, 0.15) is 56.6 Å². The van der Waals surface area contributed by atoms with Crippen LogP contribution in [0.25, 0.3) is 0 Å². The molecule has 4 nitrogen and oxygen atoms in total. The predicted molar refractivity (Wildman–Crippen MR) is 89.8 cm³/mol. The number of halogens is 1. The lowest BCUT2D eigenvalue weighted by Gasteiger charge is -2.37. The number of likely N-dealkylation sites (tertiary alicyclic amines) is 2. The van der Waals surface area contributed by atoms with Gasteiger partial charge in [0.25, 0.3) is 0 Å². The molecule has 2 saturated heterocycles. The van der Waals surface area contributed by atoms with Crippen LogP contribution in [-0.4, -0.2) is 41.2 Å². The van der Waals surface area contributed by atoms with Crippen molar-refractivity contribution >= 4 is 11.8 Å². The van der Waals surface area contributed by atoms with Crippen molar-refractivity contribution in [3.63, 3.8) is 0 Å². The lowest BCUT2D eigenvalue weighted by molar-refractivity contribution is -0.142.